The molecular weight excluding hydrogens is 226 g/mol. The van der Waals surface area contributed by atoms with Crippen molar-refractivity contribution < 1.29 is 15.0 Å². The lowest BCUT2D eigenvalue weighted by molar-refractivity contribution is 0.0904. The van der Waals surface area contributed by atoms with Gasteiger partial charge in [-0.3, -0.25) is 4.79 Å². The van der Waals surface area contributed by atoms with E-state index in [1.54, 1.807) is 6.07 Å². The molecule has 0 saturated heterocycles. The number of aliphatic hydroxyl groups excluding tert-OH is 2. The largest absolute Gasteiger partial charge is 0.396 e. The third kappa shape index (κ3) is 2.42. The van der Waals surface area contributed by atoms with Crippen LogP contribution in [0.4, 0.5) is 0 Å². The molecule has 5 heteroatoms. The Morgan fingerprint density at radius 2 is 2.38 bits per heavy atom. The summed E-state index contributed by atoms with van der Waals surface area (Å²) in [5.41, 5.74) is 0. The van der Waals surface area contributed by atoms with Gasteiger partial charge in [0.15, 0.2) is 0 Å². The van der Waals surface area contributed by atoms with Crippen LogP contribution < -0.4 is 5.32 Å². The number of hydrogen-bond acceptors (Lipinski definition) is 4. The Hall–Kier alpha value is -0.910. The lowest BCUT2D eigenvalue weighted by atomic mass is 10.1. The maximum Gasteiger partial charge on any atom is 0.261 e. The molecule has 0 aromatic carbocycles. The SMILES string of the molecule is O=C(N[C@H]1C[C@@H](CO)[C@@H](O)C1)c1cccs1. The van der Waals surface area contributed by atoms with Crippen LogP contribution in [0.15, 0.2) is 17.5 Å². The fourth-order valence-electron chi connectivity index (χ4n) is 2.08. The van der Waals surface area contributed by atoms with E-state index < -0.39 is 6.10 Å². The molecule has 1 saturated carbocycles. The van der Waals surface area contributed by atoms with E-state index in [1.165, 1.54) is 11.3 Å². The summed E-state index contributed by atoms with van der Waals surface area (Å²) in [4.78, 5) is 12.4. The molecule has 1 amide bonds. The van der Waals surface area contributed by atoms with Gasteiger partial charge in [0.25, 0.3) is 5.91 Å². The van der Waals surface area contributed by atoms with Crippen LogP contribution in [0.25, 0.3) is 0 Å². The van der Waals surface area contributed by atoms with Crippen LogP contribution >= 0.6 is 11.3 Å². The number of aliphatic hydroxyl groups is 2. The first-order valence-corrected chi connectivity index (χ1v) is 6.22. The molecule has 0 spiro atoms. The van der Waals surface area contributed by atoms with Crippen LogP contribution in [0.5, 0.6) is 0 Å². The molecule has 0 unspecified atom stereocenters. The highest BCUT2D eigenvalue weighted by Crippen LogP contribution is 2.26. The lowest BCUT2D eigenvalue weighted by Crippen LogP contribution is -2.32. The Morgan fingerprint density at radius 3 is 2.94 bits per heavy atom. The minimum Gasteiger partial charge on any atom is -0.396 e. The zero-order chi connectivity index (χ0) is 11.5. The molecule has 2 rings (SSSR count). The predicted octanol–water partition coefficient (Wildman–Crippen LogP) is 0.610. The topological polar surface area (TPSA) is 69.6 Å². The summed E-state index contributed by atoms with van der Waals surface area (Å²) >= 11 is 1.40. The Balaban J connectivity index is 1.90. The van der Waals surface area contributed by atoms with Gasteiger partial charge >= 0.3 is 0 Å². The van der Waals surface area contributed by atoms with E-state index in [9.17, 15) is 9.90 Å². The van der Waals surface area contributed by atoms with Gasteiger partial charge in [0.05, 0.1) is 11.0 Å². The van der Waals surface area contributed by atoms with E-state index in [4.69, 9.17) is 5.11 Å². The number of rotatable bonds is 3. The second-order valence-electron chi connectivity index (χ2n) is 4.13. The summed E-state index contributed by atoms with van der Waals surface area (Å²) in [6.45, 7) is -0.0213. The van der Waals surface area contributed by atoms with Crippen LogP contribution in [0, 0.1) is 5.92 Å². The molecule has 3 atom stereocenters. The van der Waals surface area contributed by atoms with Crippen LogP contribution in [-0.4, -0.2) is 34.9 Å². The number of nitrogens with one attached hydrogen (secondary N) is 1. The fourth-order valence-corrected chi connectivity index (χ4v) is 2.71. The summed E-state index contributed by atoms with van der Waals surface area (Å²) in [7, 11) is 0. The first kappa shape index (κ1) is 11.6. The molecule has 0 aliphatic heterocycles. The quantitative estimate of drug-likeness (QED) is 0.726. The van der Waals surface area contributed by atoms with Crippen LogP contribution in [0.1, 0.15) is 22.5 Å². The second-order valence-corrected chi connectivity index (χ2v) is 5.08. The Kier molecular flexibility index (Phi) is 3.58. The first-order chi connectivity index (χ1) is 7.70. The van der Waals surface area contributed by atoms with Gasteiger partial charge in [-0.05, 0) is 24.3 Å². The summed E-state index contributed by atoms with van der Waals surface area (Å²) in [5, 5.41) is 23.3. The molecule has 1 heterocycles. The van der Waals surface area contributed by atoms with Crippen molar-refractivity contribution in [2.45, 2.75) is 25.0 Å². The van der Waals surface area contributed by atoms with E-state index >= 15 is 0 Å². The van der Waals surface area contributed by atoms with Gasteiger partial charge in [-0.15, -0.1) is 11.3 Å². The molecule has 1 aromatic rings. The average molecular weight is 241 g/mol. The number of carbonyl (C=O) groups is 1. The molecule has 0 bridgehead atoms. The fraction of sp³-hybridized carbons (Fsp3) is 0.545. The normalized spacial score (nSPS) is 29.2. The average Bonchev–Trinajstić information content (AvgIpc) is 2.87. The minimum absolute atomic E-state index is 0.0213. The van der Waals surface area contributed by atoms with Gasteiger partial charge in [-0.25, -0.2) is 0 Å². The smallest absolute Gasteiger partial charge is 0.261 e. The molecule has 1 aliphatic carbocycles. The minimum atomic E-state index is -0.501. The van der Waals surface area contributed by atoms with Crippen molar-refractivity contribution in [1.82, 2.24) is 5.32 Å². The monoisotopic (exact) mass is 241 g/mol. The third-order valence-electron chi connectivity index (χ3n) is 2.97. The van der Waals surface area contributed by atoms with E-state index in [0.29, 0.717) is 17.7 Å². The van der Waals surface area contributed by atoms with Gasteiger partial charge in [0, 0.05) is 18.6 Å². The molecular formula is C11H15NO3S. The highest BCUT2D eigenvalue weighted by Gasteiger charge is 2.33. The molecule has 1 aromatic heterocycles. The lowest BCUT2D eigenvalue weighted by Gasteiger charge is -2.11. The van der Waals surface area contributed by atoms with Crippen molar-refractivity contribution in [1.29, 1.82) is 0 Å². The summed E-state index contributed by atoms with van der Waals surface area (Å²) in [6, 6.07) is 3.58. The van der Waals surface area contributed by atoms with Crippen molar-refractivity contribution in [3.05, 3.63) is 22.4 Å². The van der Waals surface area contributed by atoms with Crippen LogP contribution in [0.2, 0.25) is 0 Å². The molecule has 1 aliphatic rings. The van der Waals surface area contributed by atoms with E-state index in [-0.39, 0.29) is 24.5 Å². The Labute approximate surface area is 97.9 Å². The second kappa shape index (κ2) is 4.95. The van der Waals surface area contributed by atoms with Gasteiger partial charge in [0.2, 0.25) is 0 Å². The number of thiophene rings is 1. The Morgan fingerprint density at radius 1 is 1.56 bits per heavy atom. The predicted molar refractivity (Wildman–Crippen MR) is 61.4 cm³/mol. The van der Waals surface area contributed by atoms with Gasteiger partial charge < -0.3 is 15.5 Å². The maximum absolute atomic E-state index is 11.7. The van der Waals surface area contributed by atoms with Crippen LogP contribution in [0.3, 0.4) is 0 Å². The van der Waals surface area contributed by atoms with Crippen molar-refractivity contribution in [2.24, 2.45) is 5.92 Å². The summed E-state index contributed by atoms with van der Waals surface area (Å²) < 4.78 is 0. The van der Waals surface area contributed by atoms with Gasteiger partial charge in [-0.1, -0.05) is 6.07 Å². The first-order valence-electron chi connectivity index (χ1n) is 5.34. The number of amides is 1. The zero-order valence-electron chi connectivity index (χ0n) is 8.80. The van der Waals surface area contributed by atoms with Crippen molar-refractivity contribution >= 4 is 17.2 Å². The van der Waals surface area contributed by atoms with Gasteiger partial charge in [-0.2, -0.15) is 0 Å². The highest BCUT2D eigenvalue weighted by molar-refractivity contribution is 7.12. The van der Waals surface area contributed by atoms with Gasteiger partial charge in [0.1, 0.15) is 0 Å². The third-order valence-corrected chi connectivity index (χ3v) is 3.84. The zero-order valence-corrected chi connectivity index (χ0v) is 9.61. The number of hydrogen-bond donors (Lipinski definition) is 3. The molecule has 4 nitrogen and oxygen atoms in total. The Bertz CT molecular complexity index is 352. The van der Waals surface area contributed by atoms with Crippen molar-refractivity contribution in [3.63, 3.8) is 0 Å². The molecule has 3 N–H and O–H groups in total. The standard InChI is InChI=1S/C11H15NO3S/c13-6-7-4-8(5-9(7)14)12-11(15)10-2-1-3-16-10/h1-3,7-9,13-14H,4-6H2,(H,12,15)/t7-,8-,9-/m0/s1. The molecule has 0 radical (unpaired) electrons. The molecule has 1 fully saturated rings. The highest BCUT2D eigenvalue weighted by atomic mass is 32.1. The van der Waals surface area contributed by atoms with E-state index in [2.05, 4.69) is 5.32 Å². The summed E-state index contributed by atoms with van der Waals surface area (Å²) in [5.74, 6) is -0.195. The van der Waals surface area contributed by atoms with Crippen molar-refractivity contribution in [2.75, 3.05) is 6.61 Å². The molecule has 16 heavy (non-hydrogen) atoms. The number of carbonyl (C=O) groups excluding carboxylic acids is 1. The maximum atomic E-state index is 11.7. The van der Waals surface area contributed by atoms with E-state index in [0.717, 1.165) is 0 Å². The summed E-state index contributed by atoms with van der Waals surface area (Å²) in [6.07, 6.45) is 0.676. The molecule has 88 valence electrons. The van der Waals surface area contributed by atoms with Crippen LogP contribution in [-0.2, 0) is 0 Å². The van der Waals surface area contributed by atoms with Crippen molar-refractivity contribution in [3.8, 4) is 0 Å². The van der Waals surface area contributed by atoms with E-state index in [1.807, 2.05) is 11.4 Å².